The lowest BCUT2D eigenvalue weighted by Crippen LogP contribution is -2.35. The number of carbonyl (C=O) groups excluding carboxylic acids is 1. The van der Waals surface area contributed by atoms with Gasteiger partial charge in [0.05, 0.1) is 6.04 Å². The Morgan fingerprint density at radius 1 is 1.29 bits per heavy atom. The van der Waals surface area contributed by atoms with Crippen molar-refractivity contribution in [1.82, 2.24) is 5.32 Å². The Hall–Kier alpha value is -1.27. The number of alkyl halides is 3. The third-order valence-electron chi connectivity index (χ3n) is 3.30. The molecule has 1 amide bonds. The van der Waals surface area contributed by atoms with Gasteiger partial charge in [-0.1, -0.05) is 12.1 Å². The topological polar surface area (TPSA) is 41.1 Å². The van der Waals surface area contributed by atoms with Crippen LogP contribution >= 0.6 is 12.4 Å². The van der Waals surface area contributed by atoms with E-state index in [0.717, 1.165) is 19.4 Å². The van der Waals surface area contributed by atoms with E-state index in [0.29, 0.717) is 11.3 Å². The lowest BCUT2D eigenvalue weighted by molar-refractivity contribution is -0.134. The third kappa shape index (κ3) is 5.93. The van der Waals surface area contributed by atoms with E-state index < -0.39 is 12.6 Å². The van der Waals surface area contributed by atoms with Crippen LogP contribution < -0.4 is 10.6 Å². The van der Waals surface area contributed by atoms with Crippen molar-refractivity contribution in [3.8, 4) is 0 Å². The fraction of sp³-hybridized carbons (Fsp3) is 0.500. The van der Waals surface area contributed by atoms with E-state index in [1.54, 1.807) is 24.3 Å². The predicted molar refractivity (Wildman–Crippen MR) is 77.7 cm³/mol. The van der Waals surface area contributed by atoms with Gasteiger partial charge in [-0.2, -0.15) is 13.2 Å². The quantitative estimate of drug-likeness (QED) is 0.893. The molecule has 0 aliphatic carbocycles. The summed E-state index contributed by atoms with van der Waals surface area (Å²) in [6.07, 6.45) is -3.21. The van der Waals surface area contributed by atoms with E-state index in [-0.39, 0.29) is 30.8 Å². The van der Waals surface area contributed by atoms with Crippen molar-refractivity contribution < 1.29 is 18.0 Å². The van der Waals surface area contributed by atoms with Crippen LogP contribution in [0.3, 0.4) is 0 Å². The largest absolute Gasteiger partial charge is 0.389 e. The molecule has 1 saturated heterocycles. The summed E-state index contributed by atoms with van der Waals surface area (Å²) in [5, 5.41) is 5.85. The molecule has 21 heavy (non-hydrogen) atoms. The molecule has 1 atom stereocenters. The standard InChI is InChI=1S/C14H17F3N2O.ClH/c15-14(16,17)8-7-10-3-5-11(6-4-10)19-13(20)12-2-1-9-18-12;/h3-6,12,18H,1-2,7-9H2,(H,19,20);1H. The molecule has 1 aromatic rings. The van der Waals surface area contributed by atoms with E-state index in [1.165, 1.54) is 0 Å². The molecule has 3 nitrogen and oxygen atoms in total. The Labute approximate surface area is 127 Å². The molecular weight excluding hydrogens is 305 g/mol. The summed E-state index contributed by atoms with van der Waals surface area (Å²) in [4.78, 5) is 11.8. The zero-order valence-electron chi connectivity index (χ0n) is 11.4. The summed E-state index contributed by atoms with van der Waals surface area (Å²) >= 11 is 0. The van der Waals surface area contributed by atoms with Gasteiger partial charge >= 0.3 is 6.18 Å². The number of hydrogen-bond acceptors (Lipinski definition) is 2. The number of anilines is 1. The van der Waals surface area contributed by atoms with E-state index >= 15 is 0 Å². The first-order valence-electron chi connectivity index (χ1n) is 6.64. The third-order valence-corrected chi connectivity index (χ3v) is 3.30. The van der Waals surface area contributed by atoms with Crippen LogP contribution in [0.5, 0.6) is 0 Å². The van der Waals surface area contributed by atoms with E-state index in [1.807, 2.05) is 0 Å². The van der Waals surface area contributed by atoms with Gasteiger partial charge in [-0.05, 0) is 43.5 Å². The minimum absolute atomic E-state index is 0. The lowest BCUT2D eigenvalue weighted by Gasteiger charge is -2.11. The first kappa shape index (κ1) is 17.8. The summed E-state index contributed by atoms with van der Waals surface area (Å²) < 4.78 is 36.3. The Morgan fingerprint density at radius 3 is 2.48 bits per heavy atom. The zero-order valence-corrected chi connectivity index (χ0v) is 12.2. The molecule has 0 saturated carbocycles. The van der Waals surface area contributed by atoms with Crippen molar-refractivity contribution in [2.45, 2.75) is 37.9 Å². The molecule has 7 heteroatoms. The van der Waals surface area contributed by atoms with Gasteiger partial charge in [0.1, 0.15) is 0 Å². The SMILES string of the molecule is Cl.O=C(Nc1ccc(CCC(F)(F)F)cc1)C1CCCN1. The summed E-state index contributed by atoms with van der Waals surface area (Å²) in [7, 11) is 0. The van der Waals surface area contributed by atoms with Crippen molar-refractivity contribution in [3.05, 3.63) is 29.8 Å². The second-order valence-corrected chi connectivity index (χ2v) is 4.95. The first-order valence-corrected chi connectivity index (χ1v) is 6.64. The van der Waals surface area contributed by atoms with Gasteiger partial charge in [-0.3, -0.25) is 4.79 Å². The van der Waals surface area contributed by atoms with E-state index in [2.05, 4.69) is 10.6 Å². The average Bonchev–Trinajstić information content (AvgIpc) is 2.91. The van der Waals surface area contributed by atoms with Crippen LogP contribution in [0.25, 0.3) is 0 Å². The van der Waals surface area contributed by atoms with Crippen molar-refractivity contribution >= 4 is 24.0 Å². The molecule has 1 aromatic carbocycles. The fourth-order valence-corrected chi connectivity index (χ4v) is 2.18. The second kappa shape index (κ2) is 7.66. The Balaban J connectivity index is 0.00000220. The molecular formula is C14H18ClF3N2O. The minimum atomic E-state index is -4.14. The van der Waals surface area contributed by atoms with Crippen LogP contribution in [0.4, 0.5) is 18.9 Å². The number of rotatable bonds is 4. The number of nitrogens with one attached hydrogen (secondary N) is 2. The highest BCUT2D eigenvalue weighted by molar-refractivity contribution is 5.95. The molecule has 1 unspecified atom stereocenters. The van der Waals surface area contributed by atoms with Gasteiger partial charge in [0, 0.05) is 12.1 Å². The van der Waals surface area contributed by atoms with E-state index in [9.17, 15) is 18.0 Å². The van der Waals surface area contributed by atoms with Crippen molar-refractivity contribution in [2.24, 2.45) is 0 Å². The number of amides is 1. The van der Waals surface area contributed by atoms with Crippen molar-refractivity contribution in [1.29, 1.82) is 0 Å². The Bertz CT molecular complexity index is 456. The molecule has 1 aliphatic rings. The van der Waals surface area contributed by atoms with Crippen LogP contribution in [0.15, 0.2) is 24.3 Å². The van der Waals surface area contributed by atoms with Gasteiger partial charge in [0.2, 0.25) is 5.91 Å². The highest BCUT2D eigenvalue weighted by Gasteiger charge is 2.26. The molecule has 2 rings (SSSR count). The molecule has 1 aliphatic heterocycles. The first-order chi connectivity index (χ1) is 9.44. The molecule has 1 fully saturated rings. The van der Waals surface area contributed by atoms with Crippen LogP contribution in [0.2, 0.25) is 0 Å². The lowest BCUT2D eigenvalue weighted by atomic mass is 10.1. The van der Waals surface area contributed by atoms with Crippen LogP contribution in [0.1, 0.15) is 24.8 Å². The van der Waals surface area contributed by atoms with Gasteiger partial charge in [0.15, 0.2) is 0 Å². The highest BCUT2D eigenvalue weighted by Crippen LogP contribution is 2.22. The zero-order chi connectivity index (χ0) is 14.6. The second-order valence-electron chi connectivity index (χ2n) is 4.95. The molecule has 0 radical (unpaired) electrons. The Morgan fingerprint density at radius 2 is 1.95 bits per heavy atom. The van der Waals surface area contributed by atoms with Crippen LogP contribution in [-0.4, -0.2) is 24.7 Å². The number of halogens is 4. The minimum Gasteiger partial charge on any atom is -0.325 e. The van der Waals surface area contributed by atoms with Gasteiger partial charge in [-0.25, -0.2) is 0 Å². The van der Waals surface area contributed by atoms with Gasteiger partial charge < -0.3 is 10.6 Å². The molecule has 118 valence electrons. The fourth-order valence-electron chi connectivity index (χ4n) is 2.18. The maximum absolute atomic E-state index is 12.1. The summed E-state index contributed by atoms with van der Waals surface area (Å²) in [6.45, 7) is 0.842. The molecule has 0 aromatic heterocycles. The number of benzene rings is 1. The molecule has 1 heterocycles. The monoisotopic (exact) mass is 322 g/mol. The van der Waals surface area contributed by atoms with Gasteiger partial charge in [0.25, 0.3) is 0 Å². The molecule has 0 spiro atoms. The summed E-state index contributed by atoms with van der Waals surface area (Å²) in [5.41, 5.74) is 1.22. The van der Waals surface area contributed by atoms with E-state index in [4.69, 9.17) is 0 Å². The van der Waals surface area contributed by atoms with Crippen LogP contribution in [-0.2, 0) is 11.2 Å². The summed E-state index contributed by atoms with van der Waals surface area (Å²) in [6, 6.07) is 6.34. The average molecular weight is 323 g/mol. The van der Waals surface area contributed by atoms with Crippen LogP contribution in [0, 0.1) is 0 Å². The maximum atomic E-state index is 12.1. The Kier molecular flexibility index (Phi) is 6.48. The highest BCUT2D eigenvalue weighted by atomic mass is 35.5. The number of aryl methyl sites for hydroxylation is 1. The van der Waals surface area contributed by atoms with Crippen molar-refractivity contribution in [2.75, 3.05) is 11.9 Å². The maximum Gasteiger partial charge on any atom is 0.389 e. The molecule has 0 bridgehead atoms. The predicted octanol–water partition coefficient (Wildman–Crippen LogP) is 3.29. The number of hydrogen-bond donors (Lipinski definition) is 2. The van der Waals surface area contributed by atoms with Crippen molar-refractivity contribution in [3.63, 3.8) is 0 Å². The smallest absolute Gasteiger partial charge is 0.325 e. The molecule has 2 N–H and O–H groups in total. The number of carbonyl (C=O) groups is 1. The van der Waals surface area contributed by atoms with Gasteiger partial charge in [-0.15, -0.1) is 12.4 Å². The normalized spacial score (nSPS) is 18.1. The summed E-state index contributed by atoms with van der Waals surface area (Å²) in [5.74, 6) is -0.0921.